The van der Waals surface area contributed by atoms with E-state index in [0.29, 0.717) is 5.56 Å². The number of rotatable bonds is 1. The van der Waals surface area contributed by atoms with Gasteiger partial charge in [0.2, 0.25) is 0 Å². The minimum atomic E-state index is -4.42. The fraction of sp³-hybridized carbons (Fsp3) is 0.400. The average molecular weight is 236 g/mol. The summed E-state index contributed by atoms with van der Waals surface area (Å²) >= 11 is 5.49. The predicted molar refractivity (Wildman–Crippen MR) is 51.6 cm³/mol. The van der Waals surface area contributed by atoms with Crippen LogP contribution in [0.1, 0.15) is 24.0 Å². The van der Waals surface area contributed by atoms with Crippen molar-refractivity contribution in [1.29, 1.82) is 0 Å². The number of halogens is 4. The van der Waals surface area contributed by atoms with E-state index < -0.39 is 17.3 Å². The molecule has 0 amide bonds. The molecule has 1 aliphatic carbocycles. The first-order valence-electron chi connectivity index (χ1n) is 4.49. The van der Waals surface area contributed by atoms with Gasteiger partial charge in [-0.1, -0.05) is 17.7 Å². The molecular weight excluding hydrogens is 227 g/mol. The smallest absolute Gasteiger partial charge is 0.321 e. The summed E-state index contributed by atoms with van der Waals surface area (Å²) in [4.78, 5) is 0. The van der Waals surface area contributed by atoms with Crippen LogP contribution in [0.3, 0.4) is 0 Å². The van der Waals surface area contributed by atoms with E-state index in [0.717, 1.165) is 18.9 Å². The van der Waals surface area contributed by atoms with Crippen molar-refractivity contribution >= 4 is 11.6 Å². The van der Waals surface area contributed by atoms with Crippen LogP contribution >= 0.6 is 11.6 Å². The normalized spacial score (nSPS) is 19.0. The highest BCUT2D eigenvalue weighted by atomic mass is 35.5. The number of nitrogens with two attached hydrogens (primary N) is 1. The van der Waals surface area contributed by atoms with E-state index in [1.807, 2.05) is 0 Å². The number of alkyl halides is 3. The first-order chi connectivity index (χ1) is 6.83. The molecule has 0 bridgehead atoms. The lowest BCUT2D eigenvalue weighted by Gasteiger charge is -2.14. The summed E-state index contributed by atoms with van der Waals surface area (Å²) in [5, 5.41) is -0.282. The van der Waals surface area contributed by atoms with Gasteiger partial charge in [-0.2, -0.15) is 13.2 Å². The van der Waals surface area contributed by atoms with Crippen molar-refractivity contribution < 1.29 is 13.2 Å². The van der Waals surface area contributed by atoms with Gasteiger partial charge in [0.25, 0.3) is 0 Å². The summed E-state index contributed by atoms with van der Waals surface area (Å²) in [7, 11) is 0. The molecule has 0 saturated heterocycles. The van der Waals surface area contributed by atoms with Gasteiger partial charge in [-0.25, -0.2) is 0 Å². The predicted octanol–water partition coefficient (Wildman–Crippen LogP) is 3.31. The van der Waals surface area contributed by atoms with Gasteiger partial charge in [0.05, 0.1) is 10.6 Å². The highest BCUT2D eigenvalue weighted by molar-refractivity contribution is 6.31. The van der Waals surface area contributed by atoms with E-state index in [4.69, 9.17) is 17.3 Å². The molecule has 1 saturated carbocycles. The second-order valence-electron chi connectivity index (χ2n) is 3.85. The number of hydrogen-bond donors (Lipinski definition) is 1. The zero-order valence-electron chi connectivity index (χ0n) is 7.74. The SMILES string of the molecule is NC1(c2ccc(Cl)c(C(F)(F)F)c2)CC1. The zero-order chi connectivity index (χ0) is 11.3. The second-order valence-corrected chi connectivity index (χ2v) is 4.26. The summed E-state index contributed by atoms with van der Waals surface area (Å²) in [6.07, 6.45) is -2.96. The second kappa shape index (κ2) is 3.12. The summed E-state index contributed by atoms with van der Waals surface area (Å²) < 4.78 is 37.5. The molecule has 0 heterocycles. The van der Waals surface area contributed by atoms with Crippen LogP contribution in [-0.4, -0.2) is 0 Å². The molecule has 0 aliphatic heterocycles. The van der Waals surface area contributed by atoms with Crippen LogP contribution in [0, 0.1) is 0 Å². The van der Waals surface area contributed by atoms with Gasteiger partial charge in [0, 0.05) is 5.54 Å². The van der Waals surface area contributed by atoms with E-state index in [1.165, 1.54) is 6.07 Å². The molecule has 1 fully saturated rings. The Kier molecular flexibility index (Phi) is 2.24. The lowest BCUT2D eigenvalue weighted by Crippen LogP contribution is -2.19. The van der Waals surface area contributed by atoms with Crippen LogP contribution < -0.4 is 5.73 Å². The first-order valence-corrected chi connectivity index (χ1v) is 4.87. The molecule has 82 valence electrons. The Labute approximate surface area is 90.0 Å². The highest BCUT2D eigenvalue weighted by Crippen LogP contribution is 2.45. The minimum absolute atomic E-state index is 0.282. The van der Waals surface area contributed by atoms with Crippen molar-refractivity contribution in [3.8, 4) is 0 Å². The molecule has 1 nitrogen and oxygen atoms in total. The Balaban J connectivity index is 2.46. The van der Waals surface area contributed by atoms with E-state index in [1.54, 1.807) is 6.07 Å². The van der Waals surface area contributed by atoms with Gasteiger partial charge in [-0.15, -0.1) is 0 Å². The lowest BCUT2D eigenvalue weighted by molar-refractivity contribution is -0.137. The maximum absolute atomic E-state index is 12.5. The van der Waals surface area contributed by atoms with Crippen LogP contribution in [0.2, 0.25) is 5.02 Å². The maximum atomic E-state index is 12.5. The quantitative estimate of drug-likeness (QED) is 0.794. The summed E-state index contributed by atoms with van der Waals surface area (Å²) in [6, 6.07) is 3.87. The molecule has 2 rings (SSSR count). The van der Waals surface area contributed by atoms with Crippen LogP contribution in [-0.2, 0) is 11.7 Å². The van der Waals surface area contributed by atoms with E-state index >= 15 is 0 Å². The van der Waals surface area contributed by atoms with Gasteiger partial charge in [-0.3, -0.25) is 0 Å². The molecule has 0 aromatic heterocycles. The monoisotopic (exact) mass is 235 g/mol. The number of hydrogen-bond acceptors (Lipinski definition) is 1. The Hall–Kier alpha value is -0.740. The Morgan fingerprint density at radius 1 is 1.27 bits per heavy atom. The molecule has 1 aromatic carbocycles. The Morgan fingerprint density at radius 2 is 1.87 bits per heavy atom. The molecule has 5 heteroatoms. The molecule has 2 N–H and O–H groups in total. The largest absolute Gasteiger partial charge is 0.417 e. The molecule has 0 atom stereocenters. The van der Waals surface area contributed by atoms with E-state index in [-0.39, 0.29) is 5.02 Å². The molecule has 1 aliphatic rings. The minimum Gasteiger partial charge on any atom is -0.321 e. The molecule has 15 heavy (non-hydrogen) atoms. The molecule has 0 radical (unpaired) electrons. The van der Waals surface area contributed by atoms with Crippen molar-refractivity contribution in [2.75, 3.05) is 0 Å². The fourth-order valence-corrected chi connectivity index (χ4v) is 1.70. The van der Waals surface area contributed by atoms with Crippen LogP contribution in [0.4, 0.5) is 13.2 Å². The van der Waals surface area contributed by atoms with Gasteiger partial charge >= 0.3 is 6.18 Å². The van der Waals surface area contributed by atoms with Crippen LogP contribution in [0.25, 0.3) is 0 Å². The Morgan fingerprint density at radius 3 is 2.33 bits per heavy atom. The summed E-state index contributed by atoms with van der Waals surface area (Å²) in [5.74, 6) is 0. The van der Waals surface area contributed by atoms with Crippen molar-refractivity contribution in [2.24, 2.45) is 5.73 Å². The molecule has 0 spiro atoms. The third-order valence-electron chi connectivity index (χ3n) is 2.64. The summed E-state index contributed by atoms with van der Waals surface area (Å²) in [6.45, 7) is 0. The Bertz CT molecular complexity index is 396. The van der Waals surface area contributed by atoms with Gasteiger partial charge < -0.3 is 5.73 Å². The van der Waals surface area contributed by atoms with Gasteiger partial charge in [0.1, 0.15) is 0 Å². The third kappa shape index (κ3) is 1.96. The van der Waals surface area contributed by atoms with Crippen LogP contribution in [0.15, 0.2) is 18.2 Å². The third-order valence-corrected chi connectivity index (χ3v) is 2.96. The van der Waals surface area contributed by atoms with E-state index in [9.17, 15) is 13.2 Å². The lowest BCUT2D eigenvalue weighted by atomic mass is 10.0. The van der Waals surface area contributed by atoms with Gasteiger partial charge in [-0.05, 0) is 30.5 Å². The average Bonchev–Trinajstić information content (AvgIpc) is 2.83. The molecule has 0 unspecified atom stereocenters. The number of benzene rings is 1. The standard InChI is InChI=1S/C10H9ClF3N/c11-8-2-1-6(9(15)3-4-9)5-7(8)10(12,13)14/h1-2,5H,3-4,15H2. The van der Waals surface area contributed by atoms with Gasteiger partial charge in [0.15, 0.2) is 0 Å². The molecule has 1 aromatic rings. The van der Waals surface area contributed by atoms with Crippen molar-refractivity contribution in [3.05, 3.63) is 34.3 Å². The van der Waals surface area contributed by atoms with E-state index in [2.05, 4.69) is 0 Å². The van der Waals surface area contributed by atoms with Crippen molar-refractivity contribution in [2.45, 2.75) is 24.6 Å². The zero-order valence-corrected chi connectivity index (χ0v) is 8.49. The summed E-state index contributed by atoms with van der Waals surface area (Å²) in [5.41, 5.74) is 4.96. The van der Waals surface area contributed by atoms with Crippen molar-refractivity contribution in [1.82, 2.24) is 0 Å². The maximum Gasteiger partial charge on any atom is 0.417 e. The fourth-order valence-electron chi connectivity index (χ4n) is 1.48. The molecular formula is C10H9ClF3N. The van der Waals surface area contributed by atoms with Crippen LogP contribution in [0.5, 0.6) is 0 Å². The first kappa shape index (κ1) is 10.8. The topological polar surface area (TPSA) is 26.0 Å². The van der Waals surface area contributed by atoms with Crippen molar-refractivity contribution in [3.63, 3.8) is 0 Å². The highest BCUT2D eigenvalue weighted by Gasteiger charge is 2.42.